The van der Waals surface area contributed by atoms with Gasteiger partial charge in [0.05, 0.1) is 4.92 Å². The average molecular weight is 399 g/mol. The Kier molecular flexibility index (Phi) is 7.02. The number of nitro groups is 1. The maximum absolute atomic E-state index is 12.2. The van der Waals surface area contributed by atoms with Gasteiger partial charge in [-0.25, -0.2) is 4.79 Å². The first-order valence-electron chi connectivity index (χ1n) is 8.76. The third-order valence-corrected chi connectivity index (χ3v) is 4.16. The van der Waals surface area contributed by atoms with Gasteiger partial charge in [0.2, 0.25) is 0 Å². The van der Waals surface area contributed by atoms with Gasteiger partial charge in [-0.05, 0) is 50.1 Å². The van der Waals surface area contributed by atoms with E-state index in [9.17, 15) is 24.5 Å². The van der Waals surface area contributed by atoms with Crippen molar-refractivity contribution in [1.29, 1.82) is 0 Å². The molecule has 9 heteroatoms. The summed E-state index contributed by atoms with van der Waals surface area (Å²) in [7, 11) is 0. The summed E-state index contributed by atoms with van der Waals surface area (Å²) in [6.45, 7) is 4.74. The fourth-order valence-electron chi connectivity index (χ4n) is 2.38. The number of non-ortho nitro benzene ring substituents is 1. The number of carbonyl (C=O) groups is 3. The predicted molar refractivity (Wildman–Crippen MR) is 106 cm³/mol. The molecule has 0 aromatic heterocycles. The fourth-order valence-corrected chi connectivity index (χ4v) is 2.38. The molecule has 29 heavy (non-hydrogen) atoms. The van der Waals surface area contributed by atoms with Crippen molar-refractivity contribution in [2.75, 3.05) is 11.9 Å². The lowest BCUT2D eigenvalue weighted by Crippen LogP contribution is -2.40. The number of benzene rings is 2. The van der Waals surface area contributed by atoms with Crippen molar-refractivity contribution in [2.45, 2.75) is 26.8 Å². The van der Waals surface area contributed by atoms with Crippen molar-refractivity contribution < 1.29 is 24.0 Å². The Morgan fingerprint density at radius 3 is 2.48 bits per heavy atom. The van der Waals surface area contributed by atoms with Crippen LogP contribution < -0.4 is 10.6 Å². The molecule has 1 atom stereocenters. The number of hydrogen-bond acceptors (Lipinski definition) is 6. The Labute approximate surface area is 167 Å². The summed E-state index contributed by atoms with van der Waals surface area (Å²) in [5.41, 5.74) is 2.48. The number of ether oxygens (including phenoxy) is 1. The molecule has 2 aromatic carbocycles. The number of carbonyl (C=O) groups excluding carboxylic acids is 3. The molecule has 2 N–H and O–H groups in total. The molecule has 0 unspecified atom stereocenters. The molecule has 0 heterocycles. The molecule has 9 nitrogen and oxygen atoms in total. The van der Waals surface area contributed by atoms with Gasteiger partial charge in [0, 0.05) is 23.4 Å². The molecule has 0 radical (unpaired) electrons. The maximum atomic E-state index is 12.2. The smallest absolute Gasteiger partial charge is 0.328 e. The first kappa shape index (κ1) is 21.5. The molecule has 2 aromatic rings. The van der Waals surface area contributed by atoms with E-state index < -0.39 is 35.4 Å². The zero-order chi connectivity index (χ0) is 21.6. The fraction of sp³-hybridized carbons (Fsp3) is 0.250. The van der Waals surface area contributed by atoms with E-state index in [-0.39, 0.29) is 11.3 Å². The molecule has 0 aliphatic carbocycles. The van der Waals surface area contributed by atoms with E-state index in [1.54, 1.807) is 12.1 Å². The molecule has 0 aliphatic rings. The lowest BCUT2D eigenvalue weighted by atomic mass is 10.1. The van der Waals surface area contributed by atoms with Gasteiger partial charge in [0.1, 0.15) is 6.04 Å². The van der Waals surface area contributed by atoms with Crippen LogP contribution in [0.5, 0.6) is 0 Å². The van der Waals surface area contributed by atoms with Crippen LogP contribution in [0.1, 0.15) is 28.4 Å². The Bertz CT molecular complexity index is 957. The molecular weight excluding hydrogens is 378 g/mol. The van der Waals surface area contributed by atoms with Crippen LogP contribution in [0.2, 0.25) is 0 Å². The summed E-state index contributed by atoms with van der Waals surface area (Å²) in [6.07, 6.45) is 0. The number of hydrogen-bond donors (Lipinski definition) is 2. The number of esters is 1. The normalized spacial score (nSPS) is 11.3. The van der Waals surface area contributed by atoms with E-state index in [0.717, 1.165) is 17.2 Å². The van der Waals surface area contributed by atoms with E-state index in [2.05, 4.69) is 10.6 Å². The molecule has 2 rings (SSSR count). The Hall–Kier alpha value is -3.75. The molecule has 0 saturated carbocycles. The number of nitrogens with one attached hydrogen (secondary N) is 2. The van der Waals surface area contributed by atoms with E-state index in [4.69, 9.17) is 4.74 Å². The Morgan fingerprint density at radius 2 is 1.83 bits per heavy atom. The van der Waals surface area contributed by atoms with Crippen molar-refractivity contribution in [2.24, 2.45) is 0 Å². The Morgan fingerprint density at radius 1 is 1.10 bits per heavy atom. The summed E-state index contributed by atoms with van der Waals surface area (Å²) >= 11 is 0. The van der Waals surface area contributed by atoms with Crippen LogP contribution in [-0.2, 0) is 14.3 Å². The van der Waals surface area contributed by atoms with Crippen molar-refractivity contribution in [3.8, 4) is 0 Å². The van der Waals surface area contributed by atoms with Crippen molar-refractivity contribution in [1.82, 2.24) is 5.32 Å². The minimum absolute atomic E-state index is 0.0336. The van der Waals surface area contributed by atoms with Gasteiger partial charge in [0.25, 0.3) is 17.5 Å². The molecule has 152 valence electrons. The Balaban J connectivity index is 1.86. The van der Waals surface area contributed by atoms with Gasteiger partial charge < -0.3 is 15.4 Å². The van der Waals surface area contributed by atoms with Crippen molar-refractivity contribution >= 4 is 29.2 Å². The third-order valence-electron chi connectivity index (χ3n) is 4.16. The van der Waals surface area contributed by atoms with Crippen molar-refractivity contribution in [3.63, 3.8) is 0 Å². The number of amides is 2. The second kappa shape index (κ2) is 9.45. The van der Waals surface area contributed by atoms with E-state index in [1.165, 1.54) is 25.1 Å². The van der Waals surface area contributed by atoms with Gasteiger partial charge in [0.15, 0.2) is 6.61 Å². The van der Waals surface area contributed by atoms with Gasteiger partial charge in [-0.3, -0.25) is 19.7 Å². The lowest BCUT2D eigenvalue weighted by Gasteiger charge is -2.13. The maximum Gasteiger partial charge on any atom is 0.328 e. The highest BCUT2D eigenvalue weighted by atomic mass is 16.6. The minimum Gasteiger partial charge on any atom is -0.454 e. The van der Waals surface area contributed by atoms with Crippen LogP contribution >= 0.6 is 0 Å². The second-order valence-corrected chi connectivity index (χ2v) is 6.46. The zero-order valence-electron chi connectivity index (χ0n) is 16.2. The van der Waals surface area contributed by atoms with Crippen LogP contribution in [-0.4, -0.2) is 35.4 Å². The topological polar surface area (TPSA) is 128 Å². The summed E-state index contributed by atoms with van der Waals surface area (Å²) in [5.74, 6) is -1.99. The average Bonchev–Trinajstić information content (AvgIpc) is 2.68. The van der Waals surface area contributed by atoms with E-state index in [0.29, 0.717) is 5.69 Å². The second-order valence-electron chi connectivity index (χ2n) is 6.46. The number of nitrogens with zero attached hydrogens (tertiary/aromatic N) is 1. The first-order valence-corrected chi connectivity index (χ1v) is 8.76. The van der Waals surface area contributed by atoms with Gasteiger partial charge in [-0.15, -0.1) is 0 Å². The monoisotopic (exact) mass is 399 g/mol. The summed E-state index contributed by atoms with van der Waals surface area (Å²) in [6, 6.07) is 9.47. The molecule has 0 bridgehead atoms. The third kappa shape index (κ3) is 6.13. The number of aryl methyl sites for hydroxylation is 2. The SMILES string of the molecule is Cc1ccc(NC(=O)COC(=O)[C@H](C)NC(=O)c2cccc([N+](=O)[O-])c2)cc1C. The summed E-state index contributed by atoms with van der Waals surface area (Å²) in [5, 5.41) is 15.8. The number of anilines is 1. The van der Waals surface area contributed by atoms with Crippen LogP contribution in [0.3, 0.4) is 0 Å². The van der Waals surface area contributed by atoms with Gasteiger partial charge >= 0.3 is 5.97 Å². The van der Waals surface area contributed by atoms with E-state index >= 15 is 0 Å². The summed E-state index contributed by atoms with van der Waals surface area (Å²) < 4.78 is 4.92. The van der Waals surface area contributed by atoms with Gasteiger partial charge in [-0.2, -0.15) is 0 Å². The van der Waals surface area contributed by atoms with Crippen molar-refractivity contribution in [3.05, 3.63) is 69.3 Å². The molecule has 0 saturated heterocycles. The molecule has 2 amide bonds. The highest BCUT2D eigenvalue weighted by Gasteiger charge is 2.20. The number of rotatable bonds is 7. The molecule has 0 spiro atoms. The van der Waals surface area contributed by atoms with Crippen LogP contribution in [0.4, 0.5) is 11.4 Å². The largest absolute Gasteiger partial charge is 0.454 e. The standard InChI is InChI=1S/C20H21N3O6/c1-12-7-8-16(9-13(12)2)22-18(24)11-29-20(26)14(3)21-19(25)15-5-4-6-17(10-15)23(27)28/h4-10,14H,11H2,1-3H3,(H,21,25)(H,22,24)/t14-/m0/s1. The van der Waals surface area contributed by atoms with Crippen LogP contribution in [0.25, 0.3) is 0 Å². The highest BCUT2D eigenvalue weighted by Crippen LogP contribution is 2.14. The summed E-state index contributed by atoms with van der Waals surface area (Å²) in [4.78, 5) is 46.3. The first-order chi connectivity index (χ1) is 13.7. The van der Waals surface area contributed by atoms with Crippen LogP contribution in [0.15, 0.2) is 42.5 Å². The lowest BCUT2D eigenvalue weighted by molar-refractivity contribution is -0.384. The van der Waals surface area contributed by atoms with Crippen LogP contribution in [0, 0.1) is 24.0 Å². The van der Waals surface area contributed by atoms with Gasteiger partial charge in [-0.1, -0.05) is 12.1 Å². The number of nitro benzene ring substituents is 1. The quantitative estimate of drug-likeness (QED) is 0.418. The zero-order valence-corrected chi connectivity index (χ0v) is 16.2. The highest BCUT2D eigenvalue weighted by molar-refractivity contribution is 5.97. The molecule has 0 fully saturated rings. The molecular formula is C20H21N3O6. The minimum atomic E-state index is -1.05. The predicted octanol–water partition coefficient (Wildman–Crippen LogP) is 2.51. The van der Waals surface area contributed by atoms with E-state index in [1.807, 2.05) is 19.9 Å². The molecule has 0 aliphatic heterocycles.